The van der Waals surface area contributed by atoms with Crippen LogP contribution in [-0.4, -0.2) is 35.5 Å². The largest absolute Gasteiger partial charge is 0.471 e. The highest BCUT2D eigenvalue weighted by atomic mass is 35.5. The highest BCUT2D eigenvalue weighted by molar-refractivity contribution is 6.31. The fraction of sp³-hybridized carbons (Fsp3) is 0.450. The molecule has 6 atom stereocenters. The van der Waals surface area contributed by atoms with Gasteiger partial charge in [-0.1, -0.05) is 29.8 Å². The maximum absolute atomic E-state index is 13.2. The van der Waals surface area contributed by atoms with E-state index in [1.165, 1.54) is 24.3 Å². The van der Waals surface area contributed by atoms with Gasteiger partial charge in [0.1, 0.15) is 6.67 Å². The third kappa shape index (κ3) is 2.72. The van der Waals surface area contributed by atoms with Crippen LogP contribution in [0.1, 0.15) is 6.42 Å². The van der Waals surface area contributed by atoms with E-state index in [-0.39, 0.29) is 22.5 Å². The number of imide groups is 1. The SMILES string of the molecule is O=C1[C@H]2[C@@H]3C=C[C@@H]([C@H]4C[C@H]34)[C@@H]2C(=O)N1CN(C(=O)C(F)(F)F)c1cccc(Cl)c1. The fourth-order valence-corrected chi connectivity index (χ4v) is 5.54. The van der Waals surface area contributed by atoms with Crippen LogP contribution in [0.3, 0.4) is 0 Å². The van der Waals surface area contributed by atoms with E-state index < -0.39 is 42.4 Å². The quantitative estimate of drug-likeness (QED) is 0.553. The van der Waals surface area contributed by atoms with Gasteiger partial charge in [0.25, 0.3) is 0 Å². The first-order valence-corrected chi connectivity index (χ1v) is 9.74. The lowest BCUT2D eigenvalue weighted by Crippen LogP contribution is -2.49. The molecule has 1 aromatic rings. The standard InChI is InChI=1S/C20H16ClF3N2O3/c21-9-2-1-3-10(6-9)25(19(29)20(22,23)24)8-26-17(27)15-11-4-5-12(14-7-13(11)14)16(15)18(26)28/h1-6,11-16H,7-8H2/t11-,12+,13-,14-,15+,16+/m1/s1. The molecule has 3 fully saturated rings. The second-order valence-electron chi connectivity index (χ2n) is 8.11. The van der Waals surface area contributed by atoms with E-state index in [1.807, 2.05) is 12.2 Å². The molecule has 152 valence electrons. The highest BCUT2D eigenvalue weighted by Gasteiger charge is 2.67. The molecule has 5 aliphatic rings. The third-order valence-electron chi connectivity index (χ3n) is 6.64. The maximum atomic E-state index is 13.2. The van der Waals surface area contributed by atoms with Crippen LogP contribution in [0.15, 0.2) is 36.4 Å². The molecule has 29 heavy (non-hydrogen) atoms. The van der Waals surface area contributed by atoms with Crippen molar-refractivity contribution in [2.75, 3.05) is 11.6 Å². The van der Waals surface area contributed by atoms with Gasteiger partial charge in [-0.3, -0.25) is 24.2 Å². The van der Waals surface area contributed by atoms with Crippen molar-refractivity contribution in [2.24, 2.45) is 35.5 Å². The van der Waals surface area contributed by atoms with Crippen LogP contribution in [0.25, 0.3) is 0 Å². The maximum Gasteiger partial charge on any atom is 0.471 e. The number of benzene rings is 1. The zero-order chi connectivity index (χ0) is 20.7. The van der Waals surface area contributed by atoms with E-state index >= 15 is 0 Å². The summed E-state index contributed by atoms with van der Waals surface area (Å²) < 4.78 is 39.7. The summed E-state index contributed by atoms with van der Waals surface area (Å²) in [6.07, 6.45) is -0.227. The van der Waals surface area contributed by atoms with Gasteiger partial charge >= 0.3 is 12.1 Å². The summed E-state index contributed by atoms with van der Waals surface area (Å²) in [4.78, 5) is 39.4. The zero-order valence-corrected chi connectivity index (χ0v) is 15.7. The average molecular weight is 425 g/mol. The summed E-state index contributed by atoms with van der Waals surface area (Å²) in [5.74, 6) is -3.55. The van der Waals surface area contributed by atoms with E-state index in [1.54, 1.807) is 0 Å². The molecule has 1 aromatic carbocycles. The van der Waals surface area contributed by atoms with Crippen molar-refractivity contribution in [3.8, 4) is 0 Å². The van der Waals surface area contributed by atoms with Crippen molar-refractivity contribution in [3.63, 3.8) is 0 Å². The molecule has 6 rings (SSSR count). The second kappa shape index (κ2) is 6.08. The first-order chi connectivity index (χ1) is 13.7. The number of alkyl halides is 3. The number of carbonyl (C=O) groups excluding carboxylic acids is 3. The van der Waals surface area contributed by atoms with Crippen molar-refractivity contribution in [1.82, 2.24) is 4.90 Å². The average Bonchev–Trinajstić information content (AvgIpc) is 3.44. The van der Waals surface area contributed by atoms with Gasteiger partial charge < -0.3 is 0 Å². The molecule has 1 saturated heterocycles. The summed E-state index contributed by atoms with van der Waals surface area (Å²) in [7, 11) is 0. The van der Waals surface area contributed by atoms with Crippen molar-refractivity contribution in [2.45, 2.75) is 12.6 Å². The van der Waals surface area contributed by atoms with Gasteiger partial charge in [-0.25, -0.2) is 0 Å². The topological polar surface area (TPSA) is 57.7 Å². The van der Waals surface area contributed by atoms with Gasteiger partial charge in [0.05, 0.1) is 11.8 Å². The molecule has 2 bridgehead atoms. The predicted molar refractivity (Wildman–Crippen MR) is 96.4 cm³/mol. The Labute approximate surface area is 169 Å². The van der Waals surface area contributed by atoms with Crippen molar-refractivity contribution in [1.29, 1.82) is 0 Å². The Bertz CT molecular complexity index is 927. The lowest BCUT2D eigenvalue weighted by Gasteiger charge is -2.37. The number of allylic oxidation sites excluding steroid dienone is 2. The van der Waals surface area contributed by atoms with Gasteiger partial charge in [-0.05, 0) is 48.3 Å². The molecule has 0 aromatic heterocycles. The fourth-order valence-electron chi connectivity index (χ4n) is 5.36. The Kier molecular flexibility index (Phi) is 3.91. The molecule has 9 heteroatoms. The third-order valence-corrected chi connectivity index (χ3v) is 6.88. The number of hydrogen-bond donors (Lipinski definition) is 0. The smallest absolute Gasteiger partial charge is 0.286 e. The van der Waals surface area contributed by atoms with Crippen LogP contribution in [0.2, 0.25) is 5.02 Å². The van der Waals surface area contributed by atoms with Crippen LogP contribution in [0, 0.1) is 35.5 Å². The Morgan fingerprint density at radius 2 is 1.69 bits per heavy atom. The number of halogens is 4. The van der Waals surface area contributed by atoms with Crippen LogP contribution in [-0.2, 0) is 14.4 Å². The number of hydrogen-bond acceptors (Lipinski definition) is 3. The van der Waals surface area contributed by atoms with Crippen molar-refractivity contribution < 1.29 is 27.6 Å². The van der Waals surface area contributed by atoms with Crippen molar-refractivity contribution >= 4 is 35.0 Å². The summed E-state index contributed by atoms with van der Waals surface area (Å²) in [5, 5.41) is 0.137. The molecule has 1 heterocycles. The summed E-state index contributed by atoms with van der Waals surface area (Å²) >= 11 is 5.87. The number of rotatable bonds is 3. The zero-order valence-electron chi connectivity index (χ0n) is 15.0. The molecule has 4 aliphatic carbocycles. The molecule has 3 amide bonds. The molecule has 0 unspecified atom stereocenters. The minimum atomic E-state index is -5.16. The van der Waals surface area contributed by atoms with Crippen LogP contribution in [0.5, 0.6) is 0 Å². The lowest BCUT2D eigenvalue weighted by atomic mass is 9.63. The van der Waals surface area contributed by atoms with Crippen molar-refractivity contribution in [3.05, 3.63) is 41.4 Å². The van der Waals surface area contributed by atoms with E-state index in [0.29, 0.717) is 16.7 Å². The number of amides is 3. The van der Waals surface area contributed by atoms with Gasteiger partial charge in [0, 0.05) is 10.7 Å². The molecule has 5 nitrogen and oxygen atoms in total. The van der Waals surface area contributed by atoms with Gasteiger partial charge in [0.15, 0.2) is 0 Å². The highest BCUT2D eigenvalue weighted by Crippen LogP contribution is 2.65. The predicted octanol–water partition coefficient (Wildman–Crippen LogP) is 3.25. The summed E-state index contributed by atoms with van der Waals surface area (Å²) in [6.45, 7) is -0.780. The number of anilines is 1. The minimum Gasteiger partial charge on any atom is -0.286 e. The van der Waals surface area contributed by atoms with Crippen LogP contribution < -0.4 is 4.90 Å². The molecule has 0 radical (unpaired) electrons. The Morgan fingerprint density at radius 1 is 1.10 bits per heavy atom. The van der Waals surface area contributed by atoms with E-state index in [9.17, 15) is 27.6 Å². The number of carbonyl (C=O) groups is 3. The Balaban J connectivity index is 1.47. The molecule has 2 saturated carbocycles. The monoisotopic (exact) mass is 424 g/mol. The second-order valence-corrected chi connectivity index (χ2v) is 8.55. The minimum absolute atomic E-state index is 0.0469. The molecule has 0 N–H and O–H groups in total. The first kappa shape index (κ1) is 18.7. The normalized spacial score (nSPS) is 34.3. The van der Waals surface area contributed by atoms with E-state index in [0.717, 1.165) is 11.3 Å². The lowest BCUT2D eigenvalue weighted by molar-refractivity contribution is -0.171. The number of nitrogens with zero attached hydrogens (tertiary/aromatic N) is 2. The summed E-state index contributed by atoms with van der Waals surface area (Å²) in [6, 6.07) is 5.34. The van der Waals surface area contributed by atoms with Gasteiger partial charge in [-0.15, -0.1) is 0 Å². The molecular weight excluding hydrogens is 409 g/mol. The summed E-state index contributed by atoms with van der Waals surface area (Å²) in [5.41, 5.74) is -0.126. The van der Waals surface area contributed by atoms with E-state index in [4.69, 9.17) is 11.6 Å². The van der Waals surface area contributed by atoms with Gasteiger partial charge in [-0.2, -0.15) is 13.2 Å². The molecular formula is C20H16ClF3N2O3. The van der Waals surface area contributed by atoms with E-state index in [2.05, 4.69) is 0 Å². The van der Waals surface area contributed by atoms with Gasteiger partial charge in [0.2, 0.25) is 11.8 Å². The first-order valence-electron chi connectivity index (χ1n) is 9.36. The Hall–Kier alpha value is -2.35. The Morgan fingerprint density at radius 3 is 2.21 bits per heavy atom. The molecule has 0 spiro atoms. The van der Waals surface area contributed by atoms with Crippen LogP contribution >= 0.6 is 11.6 Å². The van der Waals surface area contributed by atoms with Crippen LogP contribution in [0.4, 0.5) is 18.9 Å². The molecule has 1 aliphatic heterocycles. The number of likely N-dealkylation sites (tertiary alicyclic amines) is 1.